The number of aryl methyl sites for hydroxylation is 2. The molecule has 5 nitrogen and oxygen atoms in total. The lowest BCUT2D eigenvalue weighted by molar-refractivity contribution is 0.791. The normalized spacial score (nSPS) is 11.4. The summed E-state index contributed by atoms with van der Waals surface area (Å²) < 4.78 is 1.92. The van der Waals surface area contributed by atoms with Gasteiger partial charge in [-0.15, -0.1) is 0 Å². The molecule has 1 heterocycles. The van der Waals surface area contributed by atoms with Crippen LogP contribution in [0.25, 0.3) is 0 Å². The lowest BCUT2D eigenvalue weighted by Crippen LogP contribution is -2.14. The Morgan fingerprint density at radius 1 is 1.86 bits per heavy atom. The monoisotopic (exact) mass is 209 g/mol. The SMILES string of the molecule is Cc1cn(C)c(SCC(N)=NC#N)n1. The first-order valence-electron chi connectivity index (χ1n) is 3.97. The van der Waals surface area contributed by atoms with Crippen molar-refractivity contribution in [2.75, 3.05) is 5.75 Å². The van der Waals surface area contributed by atoms with Crippen molar-refractivity contribution in [3.63, 3.8) is 0 Å². The topological polar surface area (TPSA) is 80.0 Å². The molecule has 14 heavy (non-hydrogen) atoms. The maximum absolute atomic E-state index is 8.24. The Bertz CT molecular complexity index is 387. The first kappa shape index (κ1) is 10.6. The maximum Gasteiger partial charge on any atom is 0.207 e. The number of amidine groups is 1. The molecule has 0 aromatic carbocycles. The van der Waals surface area contributed by atoms with E-state index in [0.717, 1.165) is 10.9 Å². The molecule has 2 N–H and O–H groups in total. The molecule has 0 saturated carbocycles. The molecule has 0 aliphatic carbocycles. The molecule has 0 fully saturated rings. The van der Waals surface area contributed by atoms with E-state index in [1.54, 1.807) is 6.19 Å². The van der Waals surface area contributed by atoms with E-state index >= 15 is 0 Å². The van der Waals surface area contributed by atoms with E-state index in [4.69, 9.17) is 11.0 Å². The van der Waals surface area contributed by atoms with Crippen LogP contribution in [0, 0.1) is 18.4 Å². The average molecular weight is 209 g/mol. The minimum absolute atomic E-state index is 0.318. The van der Waals surface area contributed by atoms with Gasteiger partial charge in [0, 0.05) is 13.2 Å². The molecule has 0 amide bonds. The predicted octanol–water partition coefficient (Wildman–Crippen LogP) is 0.659. The molecule has 1 aromatic heterocycles. The summed E-state index contributed by atoms with van der Waals surface area (Å²) >= 11 is 1.46. The zero-order valence-electron chi connectivity index (χ0n) is 8.06. The fraction of sp³-hybridized carbons (Fsp3) is 0.375. The third kappa shape index (κ3) is 2.78. The van der Waals surface area contributed by atoms with Crippen LogP contribution in [0.1, 0.15) is 5.69 Å². The van der Waals surface area contributed by atoms with Gasteiger partial charge in [0.15, 0.2) is 5.16 Å². The van der Waals surface area contributed by atoms with Gasteiger partial charge in [0.2, 0.25) is 6.19 Å². The minimum atomic E-state index is 0.318. The molecule has 1 rings (SSSR count). The van der Waals surface area contributed by atoms with Gasteiger partial charge in [0.25, 0.3) is 0 Å². The van der Waals surface area contributed by atoms with Crippen LogP contribution in [-0.2, 0) is 7.05 Å². The van der Waals surface area contributed by atoms with Crippen molar-refractivity contribution < 1.29 is 0 Å². The number of hydrogen-bond acceptors (Lipinski definition) is 4. The summed E-state index contributed by atoms with van der Waals surface area (Å²) in [6, 6.07) is 0. The molecule has 74 valence electrons. The quantitative estimate of drug-likeness (QED) is 0.343. The van der Waals surface area contributed by atoms with Crippen LogP contribution >= 0.6 is 11.8 Å². The van der Waals surface area contributed by atoms with Gasteiger partial charge >= 0.3 is 0 Å². The molecule has 0 unspecified atom stereocenters. The van der Waals surface area contributed by atoms with Gasteiger partial charge in [0.05, 0.1) is 11.4 Å². The molecule has 0 bridgehead atoms. The highest BCUT2D eigenvalue weighted by molar-refractivity contribution is 7.99. The molecule has 0 atom stereocenters. The highest BCUT2D eigenvalue weighted by atomic mass is 32.2. The van der Waals surface area contributed by atoms with Gasteiger partial charge in [-0.2, -0.15) is 10.3 Å². The second-order valence-corrected chi connectivity index (χ2v) is 3.71. The lowest BCUT2D eigenvalue weighted by Gasteiger charge is -1.99. The van der Waals surface area contributed by atoms with Gasteiger partial charge in [-0.25, -0.2) is 4.98 Å². The van der Waals surface area contributed by atoms with Crippen molar-refractivity contribution >= 4 is 17.6 Å². The summed E-state index contributed by atoms with van der Waals surface area (Å²) in [5.74, 6) is 0.802. The Balaban J connectivity index is 2.59. The summed E-state index contributed by atoms with van der Waals surface area (Å²) in [6.45, 7) is 1.93. The standard InChI is InChI=1S/C8H11N5S/c1-6-3-13(2)8(12-6)14-4-7(10)11-5-9/h3H,4H2,1-2H3,(H2,10,11). The third-order valence-corrected chi connectivity index (χ3v) is 2.57. The Hall–Kier alpha value is -1.48. The maximum atomic E-state index is 8.24. The van der Waals surface area contributed by atoms with E-state index < -0.39 is 0 Å². The van der Waals surface area contributed by atoms with E-state index in [1.807, 2.05) is 24.7 Å². The third-order valence-electron chi connectivity index (χ3n) is 1.50. The number of imidazole rings is 1. The minimum Gasteiger partial charge on any atom is -0.386 e. The van der Waals surface area contributed by atoms with E-state index in [0.29, 0.717) is 11.6 Å². The lowest BCUT2D eigenvalue weighted by atomic mass is 10.6. The Kier molecular flexibility index (Phi) is 3.54. The molecule has 0 spiro atoms. The molecule has 6 heteroatoms. The van der Waals surface area contributed by atoms with E-state index in [-0.39, 0.29) is 0 Å². The summed E-state index contributed by atoms with van der Waals surface area (Å²) in [4.78, 5) is 7.69. The number of rotatable bonds is 3. The Morgan fingerprint density at radius 3 is 3.07 bits per heavy atom. The number of thioether (sulfide) groups is 1. The number of aromatic nitrogens is 2. The second-order valence-electron chi connectivity index (χ2n) is 2.77. The van der Waals surface area contributed by atoms with Crippen LogP contribution in [0.5, 0.6) is 0 Å². The highest BCUT2D eigenvalue weighted by Gasteiger charge is 2.03. The van der Waals surface area contributed by atoms with Gasteiger partial charge in [-0.1, -0.05) is 11.8 Å². The van der Waals surface area contributed by atoms with E-state index in [2.05, 4.69) is 9.98 Å². The fourth-order valence-corrected chi connectivity index (χ4v) is 1.77. The Morgan fingerprint density at radius 2 is 2.57 bits per heavy atom. The number of nitrogens with two attached hydrogens (primary N) is 1. The summed E-state index contributed by atoms with van der Waals surface area (Å²) in [6.07, 6.45) is 3.58. The van der Waals surface area contributed by atoms with Crippen molar-refractivity contribution in [3.05, 3.63) is 11.9 Å². The molecule has 1 aromatic rings. The predicted molar refractivity (Wildman–Crippen MR) is 55.9 cm³/mol. The fourth-order valence-electron chi connectivity index (χ4n) is 0.963. The number of nitrogens with zero attached hydrogens (tertiary/aromatic N) is 4. The van der Waals surface area contributed by atoms with Gasteiger partial charge in [-0.05, 0) is 6.92 Å². The van der Waals surface area contributed by atoms with Crippen molar-refractivity contribution in [3.8, 4) is 6.19 Å². The summed E-state index contributed by atoms with van der Waals surface area (Å²) in [5.41, 5.74) is 6.42. The first-order valence-corrected chi connectivity index (χ1v) is 4.96. The summed E-state index contributed by atoms with van der Waals surface area (Å²) in [7, 11) is 1.92. The van der Waals surface area contributed by atoms with Crippen LogP contribution in [0.3, 0.4) is 0 Å². The van der Waals surface area contributed by atoms with Crippen molar-refractivity contribution in [2.45, 2.75) is 12.1 Å². The average Bonchev–Trinajstić information content (AvgIpc) is 2.42. The number of hydrogen-bond donors (Lipinski definition) is 1. The zero-order chi connectivity index (χ0) is 10.6. The Labute approximate surface area is 86.6 Å². The summed E-state index contributed by atoms with van der Waals surface area (Å²) in [5, 5.41) is 9.12. The van der Waals surface area contributed by atoms with Gasteiger partial charge < -0.3 is 10.3 Å². The zero-order valence-corrected chi connectivity index (χ0v) is 8.88. The molecular weight excluding hydrogens is 198 g/mol. The molecule has 0 saturated heterocycles. The van der Waals surface area contributed by atoms with Crippen LogP contribution < -0.4 is 5.73 Å². The smallest absolute Gasteiger partial charge is 0.207 e. The molecular formula is C8H11N5S. The van der Waals surface area contributed by atoms with Crippen molar-refractivity contribution in [1.82, 2.24) is 9.55 Å². The number of nitriles is 1. The number of aliphatic imine (C=N–C) groups is 1. The highest BCUT2D eigenvalue weighted by Crippen LogP contribution is 2.15. The van der Waals surface area contributed by atoms with Crippen LogP contribution in [-0.4, -0.2) is 21.1 Å². The largest absolute Gasteiger partial charge is 0.386 e. The van der Waals surface area contributed by atoms with Crippen LogP contribution in [0.4, 0.5) is 0 Å². The van der Waals surface area contributed by atoms with Gasteiger partial charge in [-0.3, -0.25) is 0 Å². The molecule has 0 aliphatic heterocycles. The van der Waals surface area contributed by atoms with E-state index in [9.17, 15) is 0 Å². The van der Waals surface area contributed by atoms with Crippen molar-refractivity contribution in [2.24, 2.45) is 17.8 Å². The second kappa shape index (κ2) is 4.67. The van der Waals surface area contributed by atoms with Crippen molar-refractivity contribution in [1.29, 1.82) is 5.26 Å². The van der Waals surface area contributed by atoms with Crippen LogP contribution in [0.2, 0.25) is 0 Å². The molecule has 0 radical (unpaired) electrons. The van der Waals surface area contributed by atoms with E-state index in [1.165, 1.54) is 11.8 Å². The van der Waals surface area contributed by atoms with Gasteiger partial charge in [0.1, 0.15) is 5.84 Å². The molecule has 0 aliphatic rings. The first-order chi connectivity index (χ1) is 6.63. The van der Waals surface area contributed by atoms with Crippen LogP contribution in [0.15, 0.2) is 16.3 Å².